The molecule has 0 spiro atoms. The smallest absolute Gasteiger partial charge is 0.306 e. The van der Waals surface area contributed by atoms with Gasteiger partial charge in [-0.05, 0) is 26.0 Å². The molecule has 0 aliphatic carbocycles. The first-order chi connectivity index (χ1) is 7.04. The van der Waals surface area contributed by atoms with E-state index in [1.807, 2.05) is 20.0 Å². The monoisotopic (exact) mass is 211 g/mol. The van der Waals surface area contributed by atoms with Gasteiger partial charge in [-0.2, -0.15) is 5.10 Å². The quantitative estimate of drug-likeness (QED) is 0.735. The third-order valence-corrected chi connectivity index (χ3v) is 2.42. The molecule has 3 N–H and O–H groups in total. The summed E-state index contributed by atoms with van der Waals surface area (Å²) in [6.45, 7) is 2.29. The Bertz CT molecular complexity index is 346. The van der Waals surface area contributed by atoms with Gasteiger partial charge in [-0.1, -0.05) is 0 Å². The van der Waals surface area contributed by atoms with Crippen molar-refractivity contribution in [2.45, 2.75) is 19.8 Å². The molecular formula is C10H17N3O2. The number of aromatic nitrogens is 2. The van der Waals surface area contributed by atoms with Crippen molar-refractivity contribution in [3.63, 3.8) is 0 Å². The standard InChI is InChI=1S/C10H17N3O2/c1-7-5-9(13(2)12-7)6-8(3-4-11)10(14)15/h5,8H,3-4,6,11H2,1-2H3,(H,14,15). The summed E-state index contributed by atoms with van der Waals surface area (Å²) in [5.41, 5.74) is 7.22. The lowest BCUT2D eigenvalue weighted by Crippen LogP contribution is -2.21. The van der Waals surface area contributed by atoms with Gasteiger partial charge in [-0.3, -0.25) is 9.48 Å². The van der Waals surface area contributed by atoms with E-state index in [1.54, 1.807) is 4.68 Å². The minimum Gasteiger partial charge on any atom is -0.481 e. The molecule has 0 fully saturated rings. The third-order valence-electron chi connectivity index (χ3n) is 2.42. The predicted molar refractivity (Wildman–Crippen MR) is 56.4 cm³/mol. The molecule has 1 heterocycles. The van der Waals surface area contributed by atoms with Gasteiger partial charge < -0.3 is 10.8 Å². The number of hydrogen-bond acceptors (Lipinski definition) is 3. The van der Waals surface area contributed by atoms with Crippen molar-refractivity contribution in [1.29, 1.82) is 0 Å². The molecule has 0 aromatic carbocycles. The number of carbonyl (C=O) groups is 1. The third kappa shape index (κ3) is 3.06. The van der Waals surface area contributed by atoms with Crippen molar-refractivity contribution in [3.05, 3.63) is 17.5 Å². The maximum atomic E-state index is 10.9. The van der Waals surface area contributed by atoms with Gasteiger partial charge >= 0.3 is 5.97 Å². The number of carboxylic acid groups (broad SMARTS) is 1. The van der Waals surface area contributed by atoms with E-state index in [9.17, 15) is 4.79 Å². The van der Waals surface area contributed by atoms with E-state index in [4.69, 9.17) is 10.8 Å². The Labute approximate surface area is 88.9 Å². The molecule has 1 rings (SSSR count). The van der Waals surface area contributed by atoms with Crippen molar-refractivity contribution in [1.82, 2.24) is 9.78 Å². The first-order valence-corrected chi connectivity index (χ1v) is 4.97. The number of aliphatic carboxylic acids is 1. The highest BCUT2D eigenvalue weighted by molar-refractivity contribution is 5.70. The Kier molecular flexibility index (Phi) is 3.85. The van der Waals surface area contributed by atoms with Crippen molar-refractivity contribution in [3.8, 4) is 0 Å². The van der Waals surface area contributed by atoms with Crippen molar-refractivity contribution in [2.75, 3.05) is 6.54 Å². The zero-order valence-corrected chi connectivity index (χ0v) is 9.10. The summed E-state index contributed by atoms with van der Waals surface area (Å²) in [6.07, 6.45) is 0.990. The van der Waals surface area contributed by atoms with E-state index >= 15 is 0 Å². The summed E-state index contributed by atoms with van der Waals surface area (Å²) in [5.74, 6) is -1.20. The largest absolute Gasteiger partial charge is 0.481 e. The number of carboxylic acids is 1. The first kappa shape index (κ1) is 11.7. The van der Waals surface area contributed by atoms with E-state index in [-0.39, 0.29) is 0 Å². The summed E-state index contributed by atoms with van der Waals surface area (Å²) in [7, 11) is 1.82. The van der Waals surface area contributed by atoms with Gasteiger partial charge in [-0.25, -0.2) is 0 Å². The van der Waals surface area contributed by atoms with Crippen molar-refractivity contribution in [2.24, 2.45) is 18.7 Å². The fraction of sp³-hybridized carbons (Fsp3) is 0.600. The molecular weight excluding hydrogens is 194 g/mol. The van der Waals surface area contributed by atoms with Crippen LogP contribution in [0.15, 0.2) is 6.07 Å². The summed E-state index contributed by atoms with van der Waals surface area (Å²) in [6, 6.07) is 1.91. The van der Waals surface area contributed by atoms with Gasteiger partial charge in [0.05, 0.1) is 11.6 Å². The van der Waals surface area contributed by atoms with Crippen LogP contribution in [-0.2, 0) is 18.3 Å². The second-order valence-corrected chi connectivity index (χ2v) is 3.72. The average molecular weight is 211 g/mol. The summed E-state index contributed by atoms with van der Waals surface area (Å²) in [5, 5.41) is 13.2. The van der Waals surface area contributed by atoms with Gasteiger partial charge in [-0.15, -0.1) is 0 Å². The van der Waals surface area contributed by atoms with Crippen LogP contribution in [0.3, 0.4) is 0 Å². The van der Waals surface area contributed by atoms with E-state index in [1.165, 1.54) is 0 Å². The highest BCUT2D eigenvalue weighted by Gasteiger charge is 2.18. The second-order valence-electron chi connectivity index (χ2n) is 3.72. The number of nitrogens with two attached hydrogens (primary N) is 1. The van der Waals surface area contributed by atoms with Crippen LogP contribution in [0.5, 0.6) is 0 Å². The van der Waals surface area contributed by atoms with Gasteiger partial charge in [0.1, 0.15) is 0 Å². The SMILES string of the molecule is Cc1cc(CC(CCN)C(=O)O)n(C)n1. The van der Waals surface area contributed by atoms with Crippen molar-refractivity contribution < 1.29 is 9.90 Å². The molecule has 0 radical (unpaired) electrons. The first-order valence-electron chi connectivity index (χ1n) is 4.97. The maximum absolute atomic E-state index is 10.9. The van der Waals surface area contributed by atoms with E-state index in [0.29, 0.717) is 19.4 Å². The van der Waals surface area contributed by atoms with Crippen LogP contribution in [0.4, 0.5) is 0 Å². The lowest BCUT2D eigenvalue weighted by atomic mass is 9.99. The Hall–Kier alpha value is -1.36. The lowest BCUT2D eigenvalue weighted by Gasteiger charge is -2.10. The van der Waals surface area contributed by atoms with E-state index in [0.717, 1.165) is 11.4 Å². The zero-order chi connectivity index (χ0) is 11.4. The Balaban J connectivity index is 2.73. The average Bonchev–Trinajstić information content (AvgIpc) is 2.44. The molecule has 1 unspecified atom stereocenters. The molecule has 1 aromatic rings. The molecule has 1 aromatic heterocycles. The molecule has 0 aliphatic rings. The molecule has 0 saturated carbocycles. The van der Waals surface area contributed by atoms with E-state index < -0.39 is 11.9 Å². The van der Waals surface area contributed by atoms with Gasteiger partial charge in [0.2, 0.25) is 0 Å². The highest BCUT2D eigenvalue weighted by atomic mass is 16.4. The summed E-state index contributed by atoms with van der Waals surface area (Å²) < 4.78 is 1.72. The molecule has 84 valence electrons. The normalized spacial score (nSPS) is 12.7. The molecule has 0 aliphatic heterocycles. The molecule has 1 atom stereocenters. The van der Waals surface area contributed by atoms with Crippen LogP contribution >= 0.6 is 0 Å². The number of nitrogens with zero attached hydrogens (tertiary/aromatic N) is 2. The van der Waals surface area contributed by atoms with Crippen LogP contribution < -0.4 is 5.73 Å². The topological polar surface area (TPSA) is 81.1 Å². The molecule has 5 heteroatoms. The Morgan fingerprint density at radius 2 is 2.40 bits per heavy atom. The molecule has 0 bridgehead atoms. The highest BCUT2D eigenvalue weighted by Crippen LogP contribution is 2.12. The zero-order valence-electron chi connectivity index (χ0n) is 9.10. The van der Waals surface area contributed by atoms with Crippen LogP contribution in [-0.4, -0.2) is 27.4 Å². The van der Waals surface area contributed by atoms with Crippen molar-refractivity contribution >= 4 is 5.97 Å². The molecule has 0 amide bonds. The fourth-order valence-corrected chi connectivity index (χ4v) is 1.62. The summed E-state index contributed by atoms with van der Waals surface area (Å²) in [4.78, 5) is 10.9. The lowest BCUT2D eigenvalue weighted by molar-refractivity contribution is -0.141. The number of aryl methyl sites for hydroxylation is 2. The van der Waals surface area contributed by atoms with Crippen LogP contribution in [0.1, 0.15) is 17.8 Å². The summed E-state index contributed by atoms with van der Waals surface area (Å²) >= 11 is 0. The minimum atomic E-state index is -0.792. The predicted octanol–water partition coefficient (Wildman–Crippen LogP) is 0.321. The molecule has 0 saturated heterocycles. The second kappa shape index (κ2) is 4.93. The molecule has 15 heavy (non-hydrogen) atoms. The van der Waals surface area contributed by atoms with E-state index in [2.05, 4.69) is 5.10 Å². The minimum absolute atomic E-state index is 0.397. The number of rotatable bonds is 5. The fourth-order valence-electron chi connectivity index (χ4n) is 1.62. The number of hydrogen-bond donors (Lipinski definition) is 2. The van der Waals surface area contributed by atoms with Gasteiger partial charge in [0.25, 0.3) is 0 Å². The van der Waals surface area contributed by atoms with Crippen LogP contribution in [0, 0.1) is 12.8 Å². The van der Waals surface area contributed by atoms with Gasteiger partial charge in [0, 0.05) is 19.2 Å². The Morgan fingerprint density at radius 3 is 2.80 bits per heavy atom. The molecule has 5 nitrogen and oxygen atoms in total. The Morgan fingerprint density at radius 1 is 1.73 bits per heavy atom. The maximum Gasteiger partial charge on any atom is 0.306 e. The van der Waals surface area contributed by atoms with Gasteiger partial charge in [0.15, 0.2) is 0 Å². The van der Waals surface area contributed by atoms with Crippen LogP contribution in [0.2, 0.25) is 0 Å². The van der Waals surface area contributed by atoms with Crippen LogP contribution in [0.25, 0.3) is 0 Å².